The van der Waals surface area contributed by atoms with Crippen molar-refractivity contribution in [3.8, 4) is 11.5 Å². The van der Waals surface area contributed by atoms with E-state index in [9.17, 15) is 4.79 Å². The van der Waals surface area contributed by atoms with E-state index in [0.29, 0.717) is 30.9 Å². The minimum atomic E-state index is 0.127. The summed E-state index contributed by atoms with van der Waals surface area (Å²) in [5.41, 5.74) is 8.83. The van der Waals surface area contributed by atoms with Gasteiger partial charge in [0.15, 0.2) is 11.5 Å². The van der Waals surface area contributed by atoms with Gasteiger partial charge in [-0.3, -0.25) is 4.79 Å². The van der Waals surface area contributed by atoms with E-state index < -0.39 is 0 Å². The monoisotopic (exact) mass is 422 g/mol. The van der Waals surface area contributed by atoms with Crippen LogP contribution in [-0.4, -0.2) is 19.1 Å². The smallest absolute Gasteiger partial charge is 0.220 e. The lowest BCUT2D eigenvalue weighted by molar-refractivity contribution is -0.122. The third-order valence-corrected chi connectivity index (χ3v) is 6.74. The molecule has 5 heteroatoms. The normalized spacial score (nSPS) is 21.2. The van der Waals surface area contributed by atoms with Crippen molar-refractivity contribution in [3.63, 3.8) is 0 Å². The molecule has 0 bridgehead atoms. The Bertz CT molecular complexity index is 875. The van der Waals surface area contributed by atoms with Gasteiger partial charge in [0.25, 0.3) is 0 Å². The number of ether oxygens (including phenoxy) is 2. The summed E-state index contributed by atoms with van der Waals surface area (Å²) in [5, 5.41) is 3.05. The number of anilines is 1. The fourth-order valence-electron chi connectivity index (χ4n) is 4.96. The van der Waals surface area contributed by atoms with Crippen molar-refractivity contribution in [3.05, 3.63) is 53.6 Å². The number of nitrogen functional groups attached to an aromatic ring is 1. The second kappa shape index (κ2) is 10.1. The molecule has 2 saturated carbocycles. The fraction of sp³-hybridized carbons (Fsp3) is 0.500. The number of amides is 1. The predicted octanol–water partition coefficient (Wildman–Crippen LogP) is 5.19. The highest BCUT2D eigenvalue weighted by Gasteiger charge is 2.28. The molecule has 4 rings (SSSR count). The maximum absolute atomic E-state index is 12.4. The lowest BCUT2D eigenvalue weighted by Crippen LogP contribution is -2.24. The van der Waals surface area contributed by atoms with Crippen LogP contribution in [0.25, 0.3) is 0 Å². The average molecular weight is 423 g/mol. The van der Waals surface area contributed by atoms with E-state index in [1.165, 1.54) is 18.4 Å². The first kappa shape index (κ1) is 21.5. The van der Waals surface area contributed by atoms with Crippen molar-refractivity contribution in [1.29, 1.82) is 0 Å². The van der Waals surface area contributed by atoms with Crippen LogP contribution in [0, 0.1) is 5.92 Å². The molecule has 2 fully saturated rings. The highest BCUT2D eigenvalue weighted by molar-refractivity contribution is 5.76. The van der Waals surface area contributed by atoms with E-state index in [1.807, 2.05) is 30.3 Å². The first-order valence-electron chi connectivity index (χ1n) is 11.6. The molecule has 31 heavy (non-hydrogen) atoms. The summed E-state index contributed by atoms with van der Waals surface area (Å²) in [6.45, 7) is 0.551. The van der Waals surface area contributed by atoms with Gasteiger partial charge in [-0.1, -0.05) is 18.2 Å². The Morgan fingerprint density at radius 2 is 1.81 bits per heavy atom. The number of benzene rings is 2. The molecule has 2 aliphatic carbocycles. The number of nitrogens with two attached hydrogens (primary N) is 1. The molecule has 166 valence electrons. The molecule has 2 atom stereocenters. The first-order chi connectivity index (χ1) is 15.1. The molecule has 1 amide bonds. The molecule has 0 radical (unpaired) electrons. The van der Waals surface area contributed by atoms with Crippen LogP contribution < -0.4 is 20.5 Å². The van der Waals surface area contributed by atoms with Crippen LogP contribution in [0.4, 0.5) is 5.69 Å². The van der Waals surface area contributed by atoms with E-state index in [1.54, 1.807) is 7.11 Å². The summed E-state index contributed by atoms with van der Waals surface area (Å²) in [4.78, 5) is 12.4. The molecule has 0 heterocycles. The average Bonchev–Trinajstić information content (AvgIpc) is 3.46. The fourth-order valence-corrected chi connectivity index (χ4v) is 4.96. The Kier molecular flexibility index (Phi) is 7.00. The molecule has 0 saturated heterocycles. The summed E-state index contributed by atoms with van der Waals surface area (Å²) in [5.74, 6) is 2.72. The van der Waals surface area contributed by atoms with Crippen LogP contribution >= 0.6 is 0 Å². The molecule has 0 aliphatic heterocycles. The number of carbonyl (C=O) groups is 1. The van der Waals surface area contributed by atoms with Crippen LogP contribution in [0.5, 0.6) is 11.5 Å². The standard InChI is InChI=1S/C26H34N2O3/c1-30-24-13-10-21(16-25(24)31-23-4-2-3-5-23)20-9-6-19(14-20)15-26(29)28-17-18-7-11-22(27)12-8-18/h7-8,10-13,16,19-20,23H,2-6,9,14-15,17,27H2,1H3,(H,28,29). The van der Waals surface area contributed by atoms with E-state index in [4.69, 9.17) is 15.2 Å². The summed E-state index contributed by atoms with van der Waals surface area (Å²) in [6.07, 6.45) is 8.90. The molecular formula is C26H34N2O3. The van der Waals surface area contributed by atoms with Gasteiger partial charge in [0.2, 0.25) is 5.91 Å². The van der Waals surface area contributed by atoms with Gasteiger partial charge in [0.1, 0.15) is 0 Å². The van der Waals surface area contributed by atoms with Crippen LogP contribution in [0.1, 0.15) is 68.4 Å². The van der Waals surface area contributed by atoms with E-state index in [2.05, 4.69) is 17.4 Å². The topological polar surface area (TPSA) is 73.6 Å². The Morgan fingerprint density at radius 1 is 1.03 bits per heavy atom. The molecule has 2 aliphatic rings. The van der Waals surface area contributed by atoms with E-state index >= 15 is 0 Å². The zero-order valence-corrected chi connectivity index (χ0v) is 18.4. The van der Waals surface area contributed by atoms with Gasteiger partial charge in [-0.2, -0.15) is 0 Å². The van der Waals surface area contributed by atoms with Crippen molar-refractivity contribution in [2.45, 2.75) is 69.9 Å². The number of rotatable bonds is 8. The minimum absolute atomic E-state index is 0.127. The quantitative estimate of drug-likeness (QED) is 0.574. The molecule has 2 aromatic rings. The molecule has 0 aromatic heterocycles. The summed E-state index contributed by atoms with van der Waals surface area (Å²) in [6, 6.07) is 14.0. The van der Waals surface area contributed by atoms with Gasteiger partial charge in [-0.15, -0.1) is 0 Å². The molecule has 3 N–H and O–H groups in total. The lowest BCUT2D eigenvalue weighted by Gasteiger charge is -2.19. The van der Waals surface area contributed by atoms with Gasteiger partial charge in [0.05, 0.1) is 13.2 Å². The zero-order chi connectivity index (χ0) is 21.6. The van der Waals surface area contributed by atoms with Crippen molar-refractivity contribution >= 4 is 11.6 Å². The highest BCUT2D eigenvalue weighted by atomic mass is 16.5. The Hall–Kier alpha value is -2.69. The van der Waals surface area contributed by atoms with Crippen molar-refractivity contribution in [2.75, 3.05) is 12.8 Å². The van der Waals surface area contributed by atoms with Gasteiger partial charge in [-0.25, -0.2) is 0 Å². The van der Waals surface area contributed by atoms with Crippen LogP contribution in [0.15, 0.2) is 42.5 Å². The van der Waals surface area contributed by atoms with Gasteiger partial charge < -0.3 is 20.5 Å². The molecule has 5 nitrogen and oxygen atoms in total. The van der Waals surface area contributed by atoms with Crippen molar-refractivity contribution in [2.24, 2.45) is 5.92 Å². The predicted molar refractivity (Wildman–Crippen MR) is 123 cm³/mol. The first-order valence-corrected chi connectivity index (χ1v) is 11.6. The third-order valence-electron chi connectivity index (χ3n) is 6.74. The Balaban J connectivity index is 1.30. The highest BCUT2D eigenvalue weighted by Crippen LogP contribution is 2.42. The van der Waals surface area contributed by atoms with Crippen molar-refractivity contribution < 1.29 is 14.3 Å². The third kappa shape index (κ3) is 5.72. The number of carbonyl (C=O) groups excluding carboxylic acids is 1. The van der Waals surface area contributed by atoms with Gasteiger partial charge in [0, 0.05) is 18.7 Å². The second-order valence-corrected chi connectivity index (χ2v) is 9.03. The Labute approximate surface area is 185 Å². The zero-order valence-electron chi connectivity index (χ0n) is 18.4. The SMILES string of the molecule is COc1ccc(C2CCC(CC(=O)NCc3ccc(N)cc3)C2)cc1OC1CCCC1. The van der Waals surface area contributed by atoms with Gasteiger partial charge in [-0.05, 0) is 92.2 Å². The number of nitrogens with one attached hydrogen (secondary N) is 1. The lowest BCUT2D eigenvalue weighted by atomic mass is 9.95. The van der Waals surface area contributed by atoms with Crippen LogP contribution in [0.3, 0.4) is 0 Å². The van der Waals surface area contributed by atoms with Crippen molar-refractivity contribution in [1.82, 2.24) is 5.32 Å². The van der Waals surface area contributed by atoms with E-state index in [0.717, 1.165) is 54.9 Å². The number of hydrogen-bond donors (Lipinski definition) is 2. The number of hydrogen-bond acceptors (Lipinski definition) is 4. The van der Waals surface area contributed by atoms with E-state index in [-0.39, 0.29) is 5.91 Å². The maximum atomic E-state index is 12.4. The van der Waals surface area contributed by atoms with Gasteiger partial charge >= 0.3 is 0 Å². The molecule has 0 spiro atoms. The Morgan fingerprint density at radius 3 is 2.55 bits per heavy atom. The molecule has 2 unspecified atom stereocenters. The minimum Gasteiger partial charge on any atom is -0.493 e. The second-order valence-electron chi connectivity index (χ2n) is 9.03. The summed E-state index contributed by atoms with van der Waals surface area (Å²) < 4.78 is 11.8. The summed E-state index contributed by atoms with van der Waals surface area (Å²) in [7, 11) is 1.70. The van der Waals surface area contributed by atoms with Crippen LogP contribution in [0.2, 0.25) is 0 Å². The molecular weight excluding hydrogens is 388 g/mol. The number of methoxy groups -OCH3 is 1. The van der Waals surface area contributed by atoms with Crippen LogP contribution in [-0.2, 0) is 11.3 Å². The molecule has 2 aromatic carbocycles. The largest absolute Gasteiger partial charge is 0.493 e. The summed E-state index contributed by atoms with van der Waals surface area (Å²) >= 11 is 0. The maximum Gasteiger partial charge on any atom is 0.220 e.